The van der Waals surface area contributed by atoms with Gasteiger partial charge in [-0.15, -0.1) is 0 Å². The average Bonchev–Trinajstić information content (AvgIpc) is 2.25. The van der Waals surface area contributed by atoms with Crippen molar-refractivity contribution in [1.82, 2.24) is 0 Å². The summed E-state index contributed by atoms with van der Waals surface area (Å²) in [5.74, 6) is 0. The van der Waals surface area contributed by atoms with Crippen molar-refractivity contribution < 1.29 is 15.2 Å². The second-order valence-electron chi connectivity index (χ2n) is 5.39. The Morgan fingerprint density at radius 1 is 0.882 bits per heavy atom. The van der Waals surface area contributed by atoms with Crippen LogP contribution in [0.2, 0.25) is 6.32 Å². The molecule has 1 unspecified atom stereocenters. The summed E-state index contributed by atoms with van der Waals surface area (Å²) in [4.78, 5) is 0. The lowest BCUT2D eigenvalue weighted by Crippen LogP contribution is -2.26. The fraction of sp³-hybridized carbons (Fsp3) is 1.00. The summed E-state index contributed by atoms with van der Waals surface area (Å²) < 4.78 is 0. The summed E-state index contributed by atoms with van der Waals surface area (Å²) in [7, 11) is -1.30. The molecule has 3 N–H and O–H groups in total. The third-order valence-electron chi connectivity index (χ3n) is 3.26. The Kier molecular flexibility index (Phi) is 9.89. The first-order valence-electron chi connectivity index (χ1n) is 7.06. The first kappa shape index (κ1) is 16.9. The number of aliphatic hydroxyl groups is 1. The Balaban J connectivity index is 3.39. The van der Waals surface area contributed by atoms with Crippen molar-refractivity contribution in [3.63, 3.8) is 0 Å². The predicted molar refractivity (Wildman–Crippen MR) is 72.8 cm³/mol. The number of hydrogen-bond donors (Lipinski definition) is 3. The molecule has 0 aliphatic heterocycles. The van der Waals surface area contributed by atoms with Crippen LogP contribution in [-0.2, 0) is 0 Å². The third-order valence-corrected chi connectivity index (χ3v) is 3.26. The SMILES string of the molecule is CCCCCCCCCC(C)(O)CCB(O)O. The van der Waals surface area contributed by atoms with Crippen LogP contribution in [0.25, 0.3) is 0 Å². The average molecular weight is 244 g/mol. The maximum atomic E-state index is 9.98. The quantitative estimate of drug-likeness (QED) is 0.387. The van der Waals surface area contributed by atoms with E-state index < -0.39 is 12.7 Å². The first-order chi connectivity index (χ1) is 7.98. The molecule has 4 heteroatoms. The van der Waals surface area contributed by atoms with Crippen LogP contribution >= 0.6 is 0 Å². The molecule has 0 saturated carbocycles. The summed E-state index contributed by atoms with van der Waals surface area (Å²) in [5.41, 5.74) is -0.743. The van der Waals surface area contributed by atoms with Crippen LogP contribution in [0.15, 0.2) is 0 Å². The number of unbranched alkanes of at least 4 members (excludes halogenated alkanes) is 6. The van der Waals surface area contributed by atoms with Crippen LogP contribution in [0.1, 0.15) is 71.6 Å². The molecule has 0 amide bonds. The Morgan fingerprint density at radius 2 is 1.41 bits per heavy atom. The second-order valence-corrected chi connectivity index (χ2v) is 5.39. The molecular formula is C13H29BO3. The standard InChI is InChI=1S/C13H29BO3/c1-3-4-5-6-7-8-9-10-13(2,15)11-12-14(16)17/h15-17H,3-12H2,1-2H3. The zero-order valence-electron chi connectivity index (χ0n) is 11.5. The van der Waals surface area contributed by atoms with E-state index in [-0.39, 0.29) is 6.32 Å². The van der Waals surface area contributed by atoms with Crippen LogP contribution in [-0.4, -0.2) is 27.9 Å². The van der Waals surface area contributed by atoms with Gasteiger partial charge in [0, 0.05) is 0 Å². The van der Waals surface area contributed by atoms with E-state index in [4.69, 9.17) is 10.0 Å². The zero-order valence-corrected chi connectivity index (χ0v) is 11.5. The molecule has 0 saturated heterocycles. The summed E-state index contributed by atoms with van der Waals surface area (Å²) in [6.45, 7) is 4.00. The Morgan fingerprint density at radius 3 is 1.94 bits per heavy atom. The highest BCUT2D eigenvalue weighted by Gasteiger charge is 2.22. The van der Waals surface area contributed by atoms with E-state index in [1.807, 2.05) is 0 Å². The molecule has 0 fully saturated rings. The molecule has 0 heterocycles. The molecule has 1 atom stereocenters. The molecule has 0 aromatic rings. The van der Waals surface area contributed by atoms with Crippen molar-refractivity contribution in [2.45, 2.75) is 83.6 Å². The zero-order chi connectivity index (χ0) is 13.1. The normalized spacial score (nSPS) is 14.6. The summed E-state index contributed by atoms with van der Waals surface area (Å²) in [5, 5.41) is 27.5. The minimum absolute atomic E-state index is 0.253. The summed E-state index contributed by atoms with van der Waals surface area (Å²) in [6.07, 6.45) is 10.1. The van der Waals surface area contributed by atoms with Crippen LogP contribution in [0.3, 0.4) is 0 Å². The van der Waals surface area contributed by atoms with Gasteiger partial charge < -0.3 is 15.2 Å². The minimum atomic E-state index is -1.30. The second kappa shape index (κ2) is 9.92. The van der Waals surface area contributed by atoms with Gasteiger partial charge in [0.15, 0.2) is 0 Å². The molecule has 3 nitrogen and oxygen atoms in total. The van der Waals surface area contributed by atoms with Gasteiger partial charge in [0.2, 0.25) is 0 Å². The molecule has 0 aliphatic rings. The third kappa shape index (κ3) is 12.2. The van der Waals surface area contributed by atoms with Gasteiger partial charge in [-0.3, -0.25) is 0 Å². The van der Waals surface area contributed by atoms with E-state index in [1.165, 1.54) is 38.5 Å². The molecule has 0 aliphatic carbocycles. The highest BCUT2D eigenvalue weighted by molar-refractivity contribution is 6.40. The molecule has 0 spiro atoms. The van der Waals surface area contributed by atoms with E-state index in [2.05, 4.69) is 6.92 Å². The predicted octanol–water partition coefficient (Wildman–Crippen LogP) is 2.74. The minimum Gasteiger partial charge on any atom is -0.427 e. The lowest BCUT2D eigenvalue weighted by atomic mass is 9.78. The molecule has 0 radical (unpaired) electrons. The fourth-order valence-electron chi connectivity index (χ4n) is 2.03. The van der Waals surface area contributed by atoms with Gasteiger partial charge in [-0.05, 0) is 26.1 Å². The molecule has 0 aromatic heterocycles. The lowest BCUT2D eigenvalue weighted by molar-refractivity contribution is 0.0426. The largest absolute Gasteiger partial charge is 0.451 e. The van der Waals surface area contributed by atoms with E-state index in [9.17, 15) is 5.11 Å². The van der Waals surface area contributed by atoms with Gasteiger partial charge in [0.1, 0.15) is 0 Å². The van der Waals surface area contributed by atoms with Crippen molar-refractivity contribution in [1.29, 1.82) is 0 Å². The van der Waals surface area contributed by atoms with Gasteiger partial charge in [0.05, 0.1) is 5.60 Å². The maximum absolute atomic E-state index is 9.98. The summed E-state index contributed by atoms with van der Waals surface area (Å²) >= 11 is 0. The van der Waals surface area contributed by atoms with E-state index >= 15 is 0 Å². The smallest absolute Gasteiger partial charge is 0.427 e. The van der Waals surface area contributed by atoms with E-state index in [0.717, 1.165) is 12.8 Å². The molecule has 102 valence electrons. The van der Waals surface area contributed by atoms with Crippen molar-refractivity contribution in [3.8, 4) is 0 Å². The van der Waals surface area contributed by atoms with Crippen molar-refractivity contribution in [2.24, 2.45) is 0 Å². The van der Waals surface area contributed by atoms with E-state index in [1.54, 1.807) is 6.92 Å². The monoisotopic (exact) mass is 244 g/mol. The van der Waals surface area contributed by atoms with Crippen LogP contribution in [0.5, 0.6) is 0 Å². The van der Waals surface area contributed by atoms with Crippen molar-refractivity contribution in [3.05, 3.63) is 0 Å². The fourth-order valence-corrected chi connectivity index (χ4v) is 2.03. The molecule has 0 aromatic carbocycles. The van der Waals surface area contributed by atoms with Gasteiger partial charge in [-0.25, -0.2) is 0 Å². The lowest BCUT2D eigenvalue weighted by Gasteiger charge is -2.23. The highest BCUT2D eigenvalue weighted by atomic mass is 16.4. The van der Waals surface area contributed by atoms with Crippen molar-refractivity contribution >= 4 is 7.12 Å². The molecular weight excluding hydrogens is 215 g/mol. The van der Waals surface area contributed by atoms with Gasteiger partial charge >= 0.3 is 7.12 Å². The maximum Gasteiger partial charge on any atom is 0.451 e. The van der Waals surface area contributed by atoms with Gasteiger partial charge in [-0.2, -0.15) is 0 Å². The highest BCUT2D eigenvalue weighted by Crippen LogP contribution is 2.21. The number of rotatable bonds is 11. The molecule has 0 bridgehead atoms. The Hall–Kier alpha value is -0.0551. The Bertz CT molecular complexity index is 172. The topological polar surface area (TPSA) is 60.7 Å². The number of hydrogen-bond acceptors (Lipinski definition) is 3. The first-order valence-corrected chi connectivity index (χ1v) is 7.06. The molecule has 17 heavy (non-hydrogen) atoms. The van der Waals surface area contributed by atoms with Crippen LogP contribution in [0, 0.1) is 0 Å². The summed E-state index contributed by atoms with van der Waals surface area (Å²) in [6, 6.07) is 0. The van der Waals surface area contributed by atoms with Crippen LogP contribution < -0.4 is 0 Å². The van der Waals surface area contributed by atoms with Gasteiger partial charge in [-0.1, -0.05) is 51.9 Å². The van der Waals surface area contributed by atoms with E-state index in [0.29, 0.717) is 6.42 Å². The van der Waals surface area contributed by atoms with Crippen molar-refractivity contribution in [2.75, 3.05) is 0 Å². The van der Waals surface area contributed by atoms with Gasteiger partial charge in [0.25, 0.3) is 0 Å². The molecule has 0 rings (SSSR count). The van der Waals surface area contributed by atoms with Crippen LogP contribution in [0.4, 0.5) is 0 Å². The Labute approximate surface area is 106 Å².